The van der Waals surface area contributed by atoms with E-state index in [2.05, 4.69) is 26.1 Å². The zero-order chi connectivity index (χ0) is 19.6. The first-order chi connectivity index (χ1) is 12.2. The molecule has 0 rings (SSSR count). The van der Waals surface area contributed by atoms with Gasteiger partial charge in [0, 0.05) is 6.61 Å². The van der Waals surface area contributed by atoms with Gasteiger partial charge in [0.15, 0.2) is 0 Å². The van der Waals surface area contributed by atoms with E-state index in [9.17, 15) is 0 Å². The van der Waals surface area contributed by atoms with E-state index in [0.717, 1.165) is 6.42 Å². The van der Waals surface area contributed by atoms with Crippen molar-refractivity contribution in [3.05, 3.63) is 0 Å². The van der Waals surface area contributed by atoms with E-state index in [4.69, 9.17) is 15.0 Å². The Kier molecular flexibility index (Phi) is 36.4. The Morgan fingerprint density at radius 1 is 0.840 bits per heavy atom. The van der Waals surface area contributed by atoms with Gasteiger partial charge in [-0.05, 0) is 32.4 Å². The fourth-order valence-corrected chi connectivity index (χ4v) is 2.53. The minimum Gasteiger partial charge on any atom is -0.483 e. The molecule has 0 spiro atoms. The average molecular weight is 362 g/mol. The van der Waals surface area contributed by atoms with Crippen molar-refractivity contribution in [1.29, 1.82) is 0 Å². The fourth-order valence-electron chi connectivity index (χ4n) is 2.53. The molecule has 0 aromatic rings. The van der Waals surface area contributed by atoms with E-state index in [1.807, 2.05) is 7.05 Å². The molecule has 0 radical (unpaired) electrons. The van der Waals surface area contributed by atoms with Crippen molar-refractivity contribution >= 4 is 6.47 Å². The van der Waals surface area contributed by atoms with Crippen molar-refractivity contribution < 1.29 is 15.0 Å². The van der Waals surface area contributed by atoms with Gasteiger partial charge in [-0.15, -0.1) is 0 Å². The number of aliphatic hydroxyl groups excluding tert-OH is 1. The third-order valence-electron chi connectivity index (χ3n) is 4.33. The molecule has 0 aliphatic rings. The van der Waals surface area contributed by atoms with E-state index in [-0.39, 0.29) is 6.47 Å². The first kappa shape index (κ1) is 29.2. The van der Waals surface area contributed by atoms with Crippen molar-refractivity contribution in [3.8, 4) is 0 Å². The summed E-state index contributed by atoms with van der Waals surface area (Å²) in [7, 11) is 2.03. The van der Waals surface area contributed by atoms with Crippen LogP contribution in [0, 0.1) is 5.92 Å². The maximum Gasteiger partial charge on any atom is 0.290 e. The molecule has 154 valence electrons. The maximum atomic E-state index is 8.75. The second kappa shape index (κ2) is 31.2. The Balaban J connectivity index is -0.000000350. The summed E-state index contributed by atoms with van der Waals surface area (Å²) in [6.45, 7) is 7.91. The molecule has 0 heterocycles. The highest BCUT2D eigenvalue weighted by molar-refractivity contribution is 5.32. The summed E-state index contributed by atoms with van der Waals surface area (Å²) in [6, 6.07) is 0. The van der Waals surface area contributed by atoms with Gasteiger partial charge < -0.3 is 15.5 Å². The van der Waals surface area contributed by atoms with E-state index in [1.165, 1.54) is 83.6 Å². The lowest BCUT2D eigenvalue weighted by molar-refractivity contribution is -0.122. The molecular weight excluding hydrogens is 314 g/mol. The van der Waals surface area contributed by atoms with Crippen molar-refractivity contribution in [2.24, 2.45) is 5.92 Å². The third-order valence-corrected chi connectivity index (χ3v) is 4.33. The first-order valence-electron chi connectivity index (χ1n) is 10.5. The van der Waals surface area contributed by atoms with Gasteiger partial charge >= 0.3 is 0 Å². The second-order valence-electron chi connectivity index (χ2n) is 6.64. The normalized spacial score (nSPS) is 10.9. The van der Waals surface area contributed by atoms with Gasteiger partial charge in [-0.2, -0.15) is 0 Å². The number of carboxylic acid groups (broad SMARTS) is 1. The summed E-state index contributed by atoms with van der Waals surface area (Å²) < 4.78 is 0. The van der Waals surface area contributed by atoms with Crippen LogP contribution in [0.15, 0.2) is 0 Å². The minimum absolute atomic E-state index is 0.250. The van der Waals surface area contributed by atoms with Crippen molar-refractivity contribution in [1.82, 2.24) is 5.32 Å². The van der Waals surface area contributed by atoms with Crippen LogP contribution in [0.1, 0.15) is 104 Å². The van der Waals surface area contributed by atoms with E-state index < -0.39 is 0 Å². The summed E-state index contributed by atoms with van der Waals surface area (Å²) >= 11 is 0. The topological polar surface area (TPSA) is 69.6 Å². The smallest absolute Gasteiger partial charge is 0.290 e. The summed E-state index contributed by atoms with van der Waals surface area (Å²) in [4.78, 5) is 8.36. The number of nitrogens with one attached hydrogen (secondary N) is 1. The standard InChI is InChI=1S/C12H27N.C8H18O.CH2O2/c1-3-4-5-6-7-8-9-10-11-12-13-2;1-3-5-6-8(4-2)7-9;2-1-3/h13H,3-12H2,1-2H3;8-9H,3-7H2,1-2H3;1H,(H,2,3). The summed E-state index contributed by atoms with van der Waals surface area (Å²) in [5.41, 5.74) is 0. The van der Waals surface area contributed by atoms with E-state index in [1.54, 1.807) is 0 Å². The van der Waals surface area contributed by atoms with Crippen LogP contribution in [0.3, 0.4) is 0 Å². The van der Waals surface area contributed by atoms with Crippen LogP contribution in [0.2, 0.25) is 0 Å². The summed E-state index contributed by atoms with van der Waals surface area (Å²) in [6.07, 6.45) is 17.6. The van der Waals surface area contributed by atoms with Crippen LogP contribution in [0.4, 0.5) is 0 Å². The zero-order valence-electron chi connectivity index (χ0n) is 17.6. The molecule has 25 heavy (non-hydrogen) atoms. The lowest BCUT2D eigenvalue weighted by Crippen LogP contribution is -2.06. The van der Waals surface area contributed by atoms with Gasteiger partial charge in [0.2, 0.25) is 0 Å². The van der Waals surface area contributed by atoms with Gasteiger partial charge in [0.25, 0.3) is 6.47 Å². The van der Waals surface area contributed by atoms with Gasteiger partial charge in [-0.25, -0.2) is 0 Å². The molecule has 0 bridgehead atoms. The lowest BCUT2D eigenvalue weighted by atomic mass is 10.0. The highest BCUT2D eigenvalue weighted by atomic mass is 16.3. The average Bonchev–Trinajstić information content (AvgIpc) is 2.63. The molecule has 3 N–H and O–H groups in total. The van der Waals surface area contributed by atoms with Gasteiger partial charge in [-0.3, -0.25) is 4.79 Å². The zero-order valence-corrected chi connectivity index (χ0v) is 17.6. The van der Waals surface area contributed by atoms with Gasteiger partial charge in [0.1, 0.15) is 0 Å². The molecule has 1 atom stereocenters. The molecular formula is C21H47NO3. The Labute approximate surface area is 157 Å². The maximum absolute atomic E-state index is 8.75. The molecule has 0 fully saturated rings. The molecule has 0 saturated heterocycles. The number of unbranched alkanes of at least 4 members (excludes halogenated alkanes) is 9. The number of hydrogen-bond donors (Lipinski definition) is 3. The molecule has 0 amide bonds. The number of rotatable bonds is 15. The molecule has 4 heteroatoms. The van der Waals surface area contributed by atoms with E-state index >= 15 is 0 Å². The van der Waals surface area contributed by atoms with Crippen LogP contribution in [0.25, 0.3) is 0 Å². The predicted molar refractivity (Wildman–Crippen MR) is 110 cm³/mol. The summed E-state index contributed by atoms with van der Waals surface area (Å²) in [5, 5.41) is 18.8. The highest BCUT2D eigenvalue weighted by Crippen LogP contribution is 2.10. The quantitative estimate of drug-likeness (QED) is 0.261. The van der Waals surface area contributed by atoms with Crippen molar-refractivity contribution in [2.75, 3.05) is 20.2 Å². The number of carbonyl (C=O) groups is 1. The first-order valence-corrected chi connectivity index (χ1v) is 10.5. The van der Waals surface area contributed by atoms with Gasteiger partial charge in [0.05, 0.1) is 0 Å². The SMILES string of the molecule is CCCCC(CC)CO.CCCCCCCCCCCNC.O=CO. The number of aliphatic hydroxyl groups is 1. The Bertz CT molecular complexity index is 199. The van der Waals surface area contributed by atoms with Gasteiger partial charge in [-0.1, -0.05) is 91.4 Å². The molecule has 0 aliphatic heterocycles. The molecule has 1 unspecified atom stereocenters. The molecule has 0 aromatic heterocycles. The van der Waals surface area contributed by atoms with Crippen LogP contribution in [-0.4, -0.2) is 36.9 Å². The molecule has 0 aliphatic carbocycles. The Morgan fingerprint density at radius 3 is 1.64 bits per heavy atom. The summed E-state index contributed by atoms with van der Waals surface area (Å²) in [5.74, 6) is 0.560. The van der Waals surface area contributed by atoms with E-state index in [0.29, 0.717) is 12.5 Å². The molecule has 4 nitrogen and oxygen atoms in total. The highest BCUT2D eigenvalue weighted by Gasteiger charge is 2.01. The van der Waals surface area contributed by atoms with Crippen LogP contribution < -0.4 is 5.32 Å². The monoisotopic (exact) mass is 361 g/mol. The van der Waals surface area contributed by atoms with Crippen LogP contribution in [-0.2, 0) is 4.79 Å². The minimum atomic E-state index is -0.250. The largest absolute Gasteiger partial charge is 0.483 e. The Hall–Kier alpha value is -0.610. The second-order valence-corrected chi connectivity index (χ2v) is 6.64. The third kappa shape index (κ3) is 35.4. The predicted octanol–water partition coefficient (Wildman–Crippen LogP) is 5.63. The van der Waals surface area contributed by atoms with Crippen LogP contribution in [0.5, 0.6) is 0 Å². The molecule has 0 aromatic carbocycles. The van der Waals surface area contributed by atoms with Crippen molar-refractivity contribution in [3.63, 3.8) is 0 Å². The lowest BCUT2D eigenvalue weighted by Gasteiger charge is -2.08. The number of hydrogen-bond acceptors (Lipinski definition) is 3. The fraction of sp³-hybridized carbons (Fsp3) is 0.952. The Morgan fingerprint density at radius 2 is 1.28 bits per heavy atom. The molecule has 0 saturated carbocycles. The van der Waals surface area contributed by atoms with Crippen molar-refractivity contribution in [2.45, 2.75) is 104 Å². The van der Waals surface area contributed by atoms with Crippen LogP contribution >= 0.6 is 0 Å².